The molecule has 0 saturated carbocycles. The normalized spacial score (nSPS) is 13.1. The van der Waals surface area contributed by atoms with E-state index in [4.69, 9.17) is 15.7 Å². The van der Waals surface area contributed by atoms with E-state index in [0.717, 1.165) is 44.7 Å². The van der Waals surface area contributed by atoms with Gasteiger partial charge in [0.05, 0.1) is 16.7 Å². The topological polar surface area (TPSA) is 55.0 Å². The minimum absolute atomic E-state index is 0.260. The number of nitrogens with zero attached hydrogens (tertiary/aromatic N) is 3. The van der Waals surface area contributed by atoms with E-state index in [1.54, 1.807) is 0 Å². The molecule has 2 aromatic heterocycles. The fourth-order valence-electron chi connectivity index (χ4n) is 3.45. The van der Waals surface area contributed by atoms with Crippen molar-refractivity contribution in [3.63, 3.8) is 0 Å². The Balaban J connectivity index is 2.04. The predicted molar refractivity (Wildman–Crippen MR) is 105 cm³/mol. The third-order valence-electron chi connectivity index (χ3n) is 4.94. The lowest BCUT2D eigenvalue weighted by atomic mass is 10.0. The predicted octanol–water partition coefficient (Wildman–Crippen LogP) is 3.37. The Morgan fingerprint density at radius 2 is 1.60 bits per heavy atom. The molecule has 0 amide bonds. The zero-order valence-electron chi connectivity index (χ0n) is 14.6. The Kier molecular flexibility index (Phi) is 4.07. The van der Waals surface area contributed by atoms with Gasteiger partial charge < -0.3 is 10.6 Å². The van der Waals surface area contributed by atoms with Crippen molar-refractivity contribution < 1.29 is 0 Å². The fourth-order valence-corrected chi connectivity index (χ4v) is 3.45. The van der Waals surface area contributed by atoms with E-state index >= 15 is 0 Å². The number of hydrogen-bond donors (Lipinski definition) is 1. The highest BCUT2D eigenvalue weighted by Gasteiger charge is 2.16. The second kappa shape index (κ2) is 6.39. The number of rotatable bonds is 4. The van der Waals surface area contributed by atoms with Gasteiger partial charge in [-0.05, 0) is 14.1 Å². The molecule has 0 bridgehead atoms. The molecule has 0 saturated heterocycles. The van der Waals surface area contributed by atoms with Gasteiger partial charge in [0, 0.05) is 46.7 Å². The summed E-state index contributed by atoms with van der Waals surface area (Å²) in [6.07, 6.45) is 2.76. The van der Waals surface area contributed by atoms with Crippen molar-refractivity contribution in [2.45, 2.75) is 12.5 Å². The van der Waals surface area contributed by atoms with Gasteiger partial charge in [-0.1, -0.05) is 48.5 Å². The molecule has 0 fully saturated rings. The molecule has 2 aromatic carbocycles. The lowest BCUT2D eigenvalue weighted by molar-refractivity contribution is 0.297. The van der Waals surface area contributed by atoms with Crippen LogP contribution in [0.3, 0.4) is 0 Å². The molecule has 0 radical (unpaired) electrons. The molecular weight excluding hydrogens is 308 g/mol. The SMILES string of the molecule is CN(C)C(CN)Cc1nc2c3ccccc3cnc2c2ccccc12. The molecule has 0 aliphatic heterocycles. The monoisotopic (exact) mass is 330 g/mol. The van der Waals surface area contributed by atoms with Crippen LogP contribution in [0.5, 0.6) is 0 Å². The van der Waals surface area contributed by atoms with Crippen LogP contribution in [0.2, 0.25) is 0 Å². The largest absolute Gasteiger partial charge is 0.329 e. The summed E-state index contributed by atoms with van der Waals surface area (Å²) >= 11 is 0. The van der Waals surface area contributed by atoms with Crippen LogP contribution in [-0.2, 0) is 6.42 Å². The second-order valence-corrected chi connectivity index (χ2v) is 6.70. The van der Waals surface area contributed by atoms with Crippen molar-refractivity contribution in [2.75, 3.05) is 20.6 Å². The highest BCUT2D eigenvalue weighted by atomic mass is 15.1. The van der Waals surface area contributed by atoms with Gasteiger partial charge in [0.15, 0.2) is 0 Å². The van der Waals surface area contributed by atoms with Crippen molar-refractivity contribution in [3.05, 3.63) is 60.4 Å². The Hall–Kier alpha value is -2.56. The molecule has 4 rings (SSSR count). The first-order chi connectivity index (χ1) is 12.2. The van der Waals surface area contributed by atoms with Crippen LogP contribution in [0.1, 0.15) is 5.69 Å². The molecule has 25 heavy (non-hydrogen) atoms. The summed E-state index contributed by atoms with van der Waals surface area (Å²) in [5, 5.41) is 4.58. The fraction of sp³-hybridized carbons (Fsp3) is 0.238. The lowest BCUT2D eigenvalue weighted by Gasteiger charge is -2.23. The van der Waals surface area contributed by atoms with Crippen LogP contribution in [0.25, 0.3) is 32.6 Å². The van der Waals surface area contributed by atoms with Crippen molar-refractivity contribution in [1.29, 1.82) is 0 Å². The molecule has 0 spiro atoms. The van der Waals surface area contributed by atoms with E-state index in [-0.39, 0.29) is 6.04 Å². The smallest absolute Gasteiger partial charge is 0.0974 e. The third-order valence-corrected chi connectivity index (χ3v) is 4.94. The molecule has 1 atom stereocenters. The number of likely N-dealkylation sites (N-methyl/N-ethyl adjacent to an activating group) is 1. The molecule has 2 N–H and O–H groups in total. The molecule has 4 aromatic rings. The summed E-state index contributed by atoms with van der Waals surface area (Å²) in [6.45, 7) is 0.606. The summed E-state index contributed by atoms with van der Waals surface area (Å²) in [7, 11) is 4.13. The summed E-state index contributed by atoms with van der Waals surface area (Å²) in [6, 6.07) is 17.0. The van der Waals surface area contributed by atoms with Crippen molar-refractivity contribution >= 4 is 32.6 Å². The minimum atomic E-state index is 0.260. The summed E-state index contributed by atoms with van der Waals surface area (Å²) in [5.41, 5.74) is 9.01. The number of aromatic nitrogens is 2. The summed E-state index contributed by atoms with van der Waals surface area (Å²) < 4.78 is 0. The van der Waals surface area contributed by atoms with Crippen LogP contribution in [0.4, 0.5) is 0 Å². The van der Waals surface area contributed by atoms with Crippen LogP contribution in [-0.4, -0.2) is 41.5 Å². The Bertz CT molecular complexity index is 1060. The van der Waals surface area contributed by atoms with Crippen LogP contribution in [0, 0.1) is 0 Å². The van der Waals surface area contributed by atoms with E-state index in [2.05, 4.69) is 61.5 Å². The molecule has 4 heteroatoms. The van der Waals surface area contributed by atoms with Crippen LogP contribution >= 0.6 is 0 Å². The second-order valence-electron chi connectivity index (χ2n) is 6.70. The molecule has 2 heterocycles. The van der Waals surface area contributed by atoms with Gasteiger partial charge in [-0.3, -0.25) is 4.98 Å². The number of fused-ring (bicyclic) bond motifs is 5. The minimum Gasteiger partial charge on any atom is -0.329 e. The maximum atomic E-state index is 5.99. The number of pyridine rings is 2. The first-order valence-corrected chi connectivity index (χ1v) is 8.60. The number of nitrogens with two attached hydrogens (primary N) is 1. The van der Waals surface area contributed by atoms with Gasteiger partial charge in [-0.2, -0.15) is 0 Å². The van der Waals surface area contributed by atoms with Crippen molar-refractivity contribution in [1.82, 2.24) is 14.9 Å². The first kappa shape index (κ1) is 15.9. The zero-order chi connectivity index (χ0) is 17.4. The van der Waals surface area contributed by atoms with E-state index in [1.807, 2.05) is 12.3 Å². The Labute approximate surface area is 147 Å². The van der Waals surface area contributed by atoms with Gasteiger partial charge in [0.1, 0.15) is 0 Å². The number of benzene rings is 2. The van der Waals surface area contributed by atoms with Gasteiger partial charge in [-0.25, -0.2) is 4.98 Å². The third kappa shape index (κ3) is 2.73. The zero-order valence-corrected chi connectivity index (χ0v) is 14.6. The van der Waals surface area contributed by atoms with E-state index in [1.165, 1.54) is 0 Å². The van der Waals surface area contributed by atoms with Gasteiger partial charge in [0.2, 0.25) is 0 Å². The summed E-state index contributed by atoms with van der Waals surface area (Å²) in [5.74, 6) is 0. The van der Waals surface area contributed by atoms with Crippen LogP contribution < -0.4 is 5.73 Å². The summed E-state index contributed by atoms with van der Waals surface area (Å²) in [4.78, 5) is 11.9. The first-order valence-electron chi connectivity index (χ1n) is 8.60. The number of hydrogen-bond acceptors (Lipinski definition) is 4. The quantitative estimate of drug-likeness (QED) is 0.583. The van der Waals surface area contributed by atoms with Gasteiger partial charge in [0.25, 0.3) is 0 Å². The molecule has 126 valence electrons. The average molecular weight is 330 g/mol. The molecule has 4 nitrogen and oxygen atoms in total. The molecule has 0 aliphatic carbocycles. The van der Waals surface area contributed by atoms with Crippen molar-refractivity contribution in [3.8, 4) is 0 Å². The Morgan fingerprint density at radius 1 is 0.920 bits per heavy atom. The van der Waals surface area contributed by atoms with Gasteiger partial charge in [-0.15, -0.1) is 0 Å². The molecule has 0 aliphatic rings. The van der Waals surface area contributed by atoms with E-state index in [9.17, 15) is 0 Å². The highest BCUT2D eigenvalue weighted by molar-refractivity contribution is 6.13. The standard InChI is InChI=1S/C21H22N4/c1-25(2)15(12-22)11-19-17-9-5-6-10-18(17)20-21(24-19)16-8-4-3-7-14(16)13-23-20/h3-10,13,15H,11-12,22H2,1-2H3. The van der Waals surface area contributed by atoms with Crippen molar-refractivity contribution in [2.24, 2.45) is 5.73 Å². The lowest BCUT2D eigenvalue weighted by Crippen LogP contribution is -2.37. The van der Waals surface area contributed by atoms with E-state index in [0.29, 0.717) is 6.54 Å². The Morgan fingerprint density at radius 3 is 2.32 bits per heavy atom. The maximum Gasteiger partial charge on any atom is 0.0974 e. The average Bonchev–Trinajstić information content (AvgIpc) is 2.65. The molecule has 1 unspecified atom stereocenters. The maximum absolute atomic E-state index is 5.99. The highest BCUT2D eigenvalue weighted by Crippen LogP contribution is 2.30. The van der Waals surface area contributed by atoms with Gasteiger partial charge >= 0.3 is 0 Å². The molecular formula is C21H22N4. The van der Waals surface area contributed by atoms with Crippen LogP contribution in [0.15, 0.2) is 54.7 Å². The van der Waals surface area contributed by atoms with E-state index < -0.39 is 0 Å².